The second-order valence-corrected chi connectivity index (χ2v) is 7.58. The number of aromatic nitrogens is 2. The zero-order valence-electron chi connectivity index (χ0n) is 15.5. The quantitative estimate of drug-likeness (QED) is 0.436. The molecule has 2 aromatic heterocycles. The lowest BCUT2D eigenvalue weighted by Gasteiger charge is -2.22. The molecule has 1 aliphatic rings. The van der Waals surface area contributed by atoms with E-state index in [1.54, 1.807) is 0 Å². The number of hydrogen-bond acceptors (Lipinski definition) is 2. The summed E-state index contributed by atoms with van der Waals surface area (Å²) in [6.45, 7) is 4.62. The van der Waals surface area contributed by atoms with Crippen LogP contribution in [-0.4, -0.2) is 9.97 Å². The molecule has 2 aromatic carbocycles. The predicted molar refractivity (Wildman–Crippen MR) is 110 cm³/mol. The van der Waals surface area contributed by atoms with E-state index in [2.05, 4.69) is 72.3 Å². The first kappa shape index (κ1) is 16.0. The highest BCUT2D eigenvalue weighted by molar-refractivity contribution is 5.85. The highest BCUT2D eigenvalue weighted by Crippen LogP contribution is 2.50. The van der Waals surface area contributed by atoms with E-state index >= 15 is 0 Å². The van der Waals surface area contributed by atoms with Gasteiger partial charge >= 0.3 is 0 Å². The monoisotopic (exact) mass is 348 g/mol. The van der Waals surface area contributed by atoms with Crippen molar-refractivity contribution in [2.75, 3.05) is 0 Å². The molecule has 2 heteroatoms. The van der Waals surface area contributed by atoms with Crippen LogP contribution in [-0.2, 0) is 5.41 Å². The van der Waals surface area contributed by atoms with Crippen LogP contribution in [0.4, 0.5) is 0 Å². The van der Waals surface area contributed by atoms with Crippen molar-refractivity contribution in [3.05, 3.63) is 96.3 Å². The zero-order chi connectivity index (χ0) is 18.4. The van der Waals surface area contributed by atoms with Crippen LogP contribution in [0.2, 0.25) is 0 Å². The molecular weight excluding hydrogens is 328 g/mol. The average Bonchev–Trinajstić information content (AvgIpc) is 2.96. The summed E-state index contributed by atoms with van der Waals surface area (Å²) in [6, 6.07) is 25.6. The van der Waals surface area contributed by atoms with Crippen LogP contribution in [0.1, 0.15) is 25.0 Å². The molecule has 0 saturated heterocycles. The first-order chi connectivity index (χ1) is 13.1. The van der Waals surface area contributed by atoms with E-state index in [4.69, 9.17) is 0 Å². The van der Waals surface area contributed by atoms with Crippen LogP contribution in [0.15, 0.2) is 85.2 Å². The van der Waals surface area contributed by atoms with Crippen LogP contribution >= 0.6 is 0 Å². The summed E-state index contributed by atoms with van der Waals surface area (Å²) in [5.74, 6) is 0. The standard InChI is InChI=1S/C25H20N2/c1-25(2)21-15-17(23-7-3-5-13-26-23)9-11-19(21)20-12-10-18(16-22(20)25)24-8-4-6-14-27-24/h3-16H,1-2H3. The van der Waals surface area contributed by atoms with Gasteiger partial charge in [-0.1, -0.05) is 50.2 Å². The number of nitrogens with zero attached hydrogens (tertiary/aromatic N) is 2. The van der Waals surface area contributed by atoms with Gasteiger partial charge in [-0.15, -0.1) is 0 Å². The summed E-state index contributed by atoms with van der Waals surface area (Å²) in [4.78, 5) is 9.03. The smallest absolute Gasteiger partial charge is 0.0702 e. The minimum Gasteiger partial charge on any atom is -0.256 e. The molecule has 5 rings (SSSR count). The van der Waals surface area contributed by atoms with Gasteiger partial charge in [0.1, 0.15) is 0 Å². The van der Waals surface area contributed by atoms with Crippen molar-refractivity contribution >= 4 is 0 Å². The Bertz CT molecular complexity index is 1040. The van der Waals surface area contributed by atoms with Crippen molar-refractivity contribution in [1.29, 1.82) is 0 Å². The third kappa shape index (κ3) is 2.48. The van der Waals surface area contributed by atoms with Crippen molar-refractivity contribution < 1.29 is 0 Å². The number of fused-ring (bicyclic) bond motifs is 3. The number of rotatable bonds is 2. The van der Waals surface area contributed by atoms with Crippen LogP contribution < -0.4 is 0 Å². The second-order valence-electron chi connectivity index (χ2n) is 7.58. The molecular formula is C25H20N2. The molecule has 0 radical (unpaired) electrons. The topological polar surface area (TPSA) is 25.8 Å². The summed E-state index contributed by atoms with van der Waals surface area (Å²) < 4.78 is 0. The van der Waals surface area contributed by atoms with Crippen LogP contribution in [0, 0.1) is 0 Å². The first-order valence-electron chi connectivity index (χ1n) is 9.27. The van der Waals surface area contributed by atoms with Gasteiger partial charge < -0.3 is 0 Å². The Labute approximate surface area is 159 Å². The van der Waals surface area contributed by atoms with Gasteiger partial charge in [-0.3, -0.25) is 9.97 Å². The molecule has 130 valence electrons. The lowest BCUT2D eigenvalue weighted by molar-refractivity contribution is 0.661. The van der Waals surface area contributed by atoms with E-state index in [1.165, 1.54) is 33.4 Å². The number of pyridine rings is 2. The summed E-state index contributed by atoms with van der Waals surface area (Å²) in [6.07, 6.45) is 3.70. The molecule has 4 aromatic rings. The van der Waals surface area contributed by atoms with E-state index in [-0.39, 0.29) is 5.41 Å². The highest BCUT2D eigenvalue weighted by Gasteiger charge is 2.35. The van der Waals surface area contributed by atoms with Crippen LogP contribution in [0.5, 0.6) is 0 Å². The number of hydrogen-bond donors (Lipinski definition) is 0. The average molecular weight is 348 g/mol. The molecule has 2 nitrogen and oxygen atoms in total. The van der Waals surface area contributed by atoms with Gasteiger partial charge in [0, 0.05) is 28.9 Å². The highest BCUT2D eigenvalue weighted by atomic mass is 14.7. The fourth-order valence-corrected chi connectivity index (χ4v) is 4.12. The minimum atomic E-state index is -0.0553. The van der Waals surface area contributed by atoms with Gasteiger partial charge in [-0.25, -0.2) is 0 Å². The fourth-order valence-electron chi connectivity index (χ4n) is 4.12. The van der Waals surface area contributed by atoms with Crippen LogP contribution in [0.25, 0.3) is 33.6 Å². The molecule has 0 bridgehead atoms. The zero-order valence-corrected chi connectivity index (χ0v) is 15.5. The molecule has 1 aliphatic carbocycles. The Morgan fingerprint density at radius 2 is 1.07 bits per heavy atom. The van der Waals surface area contributed by atoms with Crippen molar-refractivity contribution in [3.63, 3.8) is 0 Å². The van der Waals surface area contributed by atoms with E-state index < -0.39 is 0 Å². The van der Waals surface area contributed by atoms with E-state index in [1.807, 2.05) is 36.7 Å². The van der Waals surface area contributed by atoms with Gasteiger partial charge in [-0.2, -0.15) is 0 Å². The molecule has 0 N–H and O–H groups in total. The Balaban J connectivity index is 1.65. The maximum absolute atomic E-state index is 4.52. The van der Waals surface area contributed by atoms with Gasteiger partial charge in [0.2, 0.25) is 0 Å². The molecule has 0 atom stereocenters. The molecule has 0 unspecified atom stereocenters. The molecule has 0 saturated carbocycles. The van der Waals surface area contributed by atoms with Gasteiger partial charge in [0.25, 0.3) is 0 Å². The molecule has 0 spiro atoms. The molecule has 0 amide bonds. The predicted octanol–water partition coefficient (Wildman–Crippen LogP) is 6.12. The Morgan fingerprint density at radius 3 is 1.48 bits per heavy atom. The van der Waals surface area contributed by atoms with E-state index in [0.29, 0.717) is 0 Å². The van der Waals surface area contributed by atoms with Crippen molar-refractivity contribution in [3.8, 4) is 33.6 Å². The molecule has 27 heavy (non-hydrogen) atoms. The first-order valence-corrected chi connectivity index (χ1v) is 9.27. The maximum atomic E-state index is 4.52. The summed E-state index contributed by atoms with van der Waals surface area (Å²) in [7, 11) is 0. The van der Waals surface area contributed by atoms with Crippen molar-refractivity contribution in [2.45, 2.75) is 19.3 Å². The van der Waals surface area contributed by atoms with Gasteiger partial charge in [0.05, 0.1) is 11.4 Å². The van der Waals surface area contributed by atoms with Crippen molar-refractivity contribution in [1.82, 2.24) is 9.97 Å². The van der Waals surface area contributed by atoms with Gasteiger partial charge in [-0.05, 0) is 58.7 Å². The molecule has 0 fully saturated rings. The Kier molecular flexibility index (Phi) is 3.48. The Hall–Kier alpha value is -3.26. The normalized spacial score (nSPS) is 13.9. The summed E-state index contributed by atoms with van der Waals surface area (Å²) >= 11 is 0. The SMILES string of the molecule is CC1(C)c2cc(-c3ccccn3)ccc2-c2ccc(-c3ccccn3)cc21. The van der Waals surface area contributed by atoms with E-state index in [0.717, 1.165) is 11.4 Å². The van der Waals surface area contributed by atoms with E-state index in [9.17, 15) is 0 Å². The fraction of sp³-hybridized carbons (Fsp3) is 0.120. The largest absolute Gasteiger partial charge is 0.256 e. The van der Waals surface area contributed by atoms with Crippen molar-refractivity contribution in [2.24, 2.45) is 0 Å². The van der Waals surface area contributed by atoms with Gasteiger partial charge in [0.15, 0.2) is 0 Å². The second kappa shape index (κ2) is 5.88. The summed E-state index contributed by atoms with van der Waals surface area (Å²) in [5.41, 5.74) is 9.67. The number of benzene rings is 2. The lowest BCUT2D eigenvalue weighted by Crippen LogP contribution is -2.15. The molecule has 0 aliphatic heterocycles. The third-order valence-corrected chi connectivity index (χ3v) is 5.60. The lowest BCUT2D eigenvalue weighted by atomic mass is 9.81. The molecule has 2 heterocycles. The minimum absolute atomic E-state index is 0.0553. The Morgan fingerprint density at radius 1 is 0.593 bits per heavy atom. The third-order valence-electron chi connectivity index (χ3n) is 5.60. The van der Waals surface area contributed by atoms with Crippen LogP contribution in [0.3, 0.4) is 0 Å². The maximum Gasteiger partial charge on any atom is 0.0702 e. The summed E-state index contributed by atoms with van der Waals surface area (Å²) in [5, 5.41) is 0.